The molecule has 4 aromatic heterocycles. The van der Waals surface area contributed by atoms with Crippen LogP contribution in [0, 0.1) is 0 Å². The van der Waals surface area contributed by atoms with E-state index in [1.807, 2.05) is 54.6 Å². The van der Waals surface area contributed by atoms with E-state index in [2.05, 4.69) is 127 Å². The van der Waals surface area contributed by atoms with Crippen molar-refractivity contribution in [3.05, 3.63) is 182 Å². The SMILES string of the molecule is c1ccc(-c2ccc(-c3nc(-c4cccc5c4oc4c5ccc5c(-c6ccccc6)nc6ccccc6c54)nc(-c4cccc5oc6ccccc6c45)n3)cc2)cc1. The lowest BCUT2D eigenvalue weighted by Crippen LogP contribution is -2.00. The molecule has 4 heterocycles. The first kappa shape index (κ1) is 32.3. The molecule has 0 bridgehead atoms. The van der Waals surface area contributed by atoms with Gasteiger partial charge in [0.25, 0.3) is 0 Å². The molecule has 8 aromatic carbocycles. The summed E-state index contributed by atoms with van der Waals surface area (Å²) in [6.07, 6.45) is 0. The van der Waals surface area contributed by atoms with Crippen LogP contribution in [0.15, 0.2) is 191 Å². The van der Waals surface area contributed by atoms with E-state index in [9.17, 15) is 0 Å². The van der Waals surface area contributed by atoms with Gasteiger partial charge >= 0.3 is 0 Å². The lowest BCUT2D eigenvalue weighted by Gasteiger charge is -2.10. The number of benzene rings is 8. The standard InChI is InChI=1S/C52H30N4O2/c1-3-13-31(14-4-1)32-25-27-34(28-26-32)50-54-51(40-20-12-24-44-45(40)38-18-8-10-23-43(38)57-44)56-52(55-50)41-21-11-19-35-36-29-30-39-46(49(36)58-48(35)41)37-17-7-9-22-42(37)53-47(39)33-15-5-2-6-16-33/h1-30H. The fourth-order valence-corrected chi connectivity index (χ4v) is 8.43. The highest BCUT2D eigenvalue weighted by atomic mass is 16.3. The Morgan fingerprint density at radius 2 is 0.862 bits per heavy atom. The predicted molar refractivity (Wildman–Crippen MR) is 234 cm³/mol. The van der Waals surface area contributed by atoms with Crippen LogP contribution in [0.5, 0.6) is 0 Å². The van der Waals surface area contributed by atoms with Crippen molar-refractivity contribution in [1.29, 1.82) is 0 Å². The Morgan fingerprint density at radius 3 is 1.69 bits per heavy atom. The molecule has 6 heteroatoms. The molecule has 0 fully saturated rings. The van der Waals surface area contributed by atoms with Crippen LogP contribution in [0.1, 0.15) is 0 Å². The number of pyridine rings is 1. The maximum Gasteiger partial charge on any atom is 0.167 e. The first-order valence-electron chi connectivity index (χ1n) is 19.3. The van der Waals surface area contributed by atoms with E-state index in [-0.39, 0.29) is 0 Å². The van der Waals surface area contributed by atoms with Crippen molar-refractivity contribution in [1.82, 2.24) is 19.9 Å². The highest BCUT2D eigenvalue weighted by Crippen LogP contribution is 2.43. The van der Waals surface area contributed by atoms with Gasteiger partial charge in [0.15, 0.2) is 17.5 Å². The Balaban J connectivity index is 1.11. The first-order chi connectivity index (χ1) is 28.7. The molecule has 0 saturated heterocycles. The molecule has 0 aliphatic carbocycles. The third-order valence-corrected chi connectivity index (χ3v) is 11.1. The molecule has 0 atom stereocenters. The van der Waals surface area contributed by atoms with Crippen molar-refractivity contribution in [2.24, 2.45) is 0 Å². The Hall–Kier alpha value is -7.96. The zero-order chi connectivity index (χ0) is 38.2. The van der Waals surface area contributed by atoms with Gasteiger partial charge in [0.1, 0.15) is 22.3 Å². The lowest BCUT2D eigenvalue weighted by atomic mass is 9.97. The van der Waals surface area contributed by atoms with Gasteiger partial charge in [-0.25, -0.2) is 19.9 Å². The molecule has 270 valence electrons. The third kappa shape index (κ3) is 5.05. The molecular formula is C52H30N4O2. The molecule has 0 aliphatic heterocycles. The van der Waals surface area contributed by atoms with Gasteiger partial charge in [-0.15, -0.1) is 0 Å². The minimum atomic E-state index is 0.516. The average Bonchev–Trinajstić information content (AvgIpc) is 3.88. The number of furan rings is 2. The molecule has 12 aromatic rings. The van der Waals surface area contributed by atoms with E-state index in [1.54, 1.807) is 0 Å². The van der Waals surface area contributed by atoms with Crippen molar-refractivity contribution in [3.63, 3.8) is 0 Å². The van der Waals surface area contributed by atoms with E-state index in [4.69, 9.17) is 28.8 Å². The second-order valence-electron chi connectivity index (χ2n) is 14.5. The normalized spacial score (nSPS) is 11.8. The number of rotatable bonds is 5. The summed E-state index contributed by atoms with van der Waals surface area (Å²) >= 11 is 0. The van der Waals surface area contributed by atoms with Crippen molar-refractivity contribution < 1.29 is 8.83 Å². The Kier molecular flexibility index (Phi) is 7.13. The van der Waals surface area contributed by atoms with Gasteiger partial charge in [-0.3, -0.25) is 0 Å². The van der Waals surface area contributed by atoms with Gasteiger partial charge in [-0.05, 0) is 41.5 Å². The summed E-state index contributed by atoms with van der Waals surface area (Å²) < 4.78 is 13.4. The minimum absolute atomic E-state index is 0.516. The van der Waals surface area contributed by atoms with E-state index in [0.29, 0.717) is 23.1 Å². The number of fused-ring (bicyclic) bond motifs is 10. The zero-order valence-corrected chi connectivity index (χ0v) is 30.9. The summed E-state index contributed by atoms with van der Waals surface area (Å²) in [6.45, 7) is 0. The minimum Gasteiger partial charge on any atom is -0.456 e. The maximum atomic E-state index is 7.08. The second-order valence-corrected chi connectivity index (χ2v) is 14.5. The quantitative estimate of drug-likeness (QED) is 0.163. The molecule has 0 aliphatic rings. The number of hydrogen-bond donors (Lipinski definition) is 0. The summed E-state index contributed by atoms with van der Waals surface area (Å²) in [5.74, 6) is 1.63. The molecular weight excluding hydrogens is 713 g/mol. The lowest BCUT2D eigenvalue weighted by molar-refractivity contribution is 0.669. The fourth-order valence-electron chi connectivity index (χ4n) is 8.43. The van der Waals surface area contributed by atoms with E-state index < -0.39 is 0 Å². The van der Waals surface area contributed by atoms with E-state index in [0.717, 1.165) is 99.0 Å². The number of aromatic nitrogens is 4. The Labute approximate surface area is 331 Å². The van der Waals surface area contributed by atoms with E-state index >= 15 is 0 Å². The van der Waals surface area contributed by atoms with Crippen LogP contribution in [0.2, 0.25) is 0 Å². The highest BCUT2D eigenvalue weighted by Gasteiger charge is 2.22. The topological polar surface area (TPSA) is 77.8 Å². The van der Waals surface area contributed by atoms with Gasteiger partial charge in [0, 0.05) is 54.4 Å². The maximum absolute atomic E-state index is 7.08. The molecule has 0 radical (unpaired) electrons. The molecule has 0 N–H and O–H groups in total. The third-order valence-electron chi connectivity index (χ3n) is 11.1. The Morgan fingerprint density at radius 1 is 0.293 bits per heavy atom. The second kappa shape index (κ2) is 12.8. The molecule has 58 heavy (non-hydrogen) atoms. The summed E-state index contributed by atoms with van der Waals surface area (Å²) in [6, 6.07) is 62.0. The molecule has 0 unspecified atom stereocenters. The van der Waals surface area contributed by atoms with Crippen LogP contribution >= 0.6 is 0 Å². The first-order valence-corrected chi connectivity index (χ1v) is 19.3. The number of hydrogen-bond acceptors (Lipinski definition) is 6. The zero-order valence-electron chi connectivity index (χ0n) is 30.9. The highest BCUT2D eigenvalue weighted by molar-refractivity contribution is 6.25. The van der Waals surface area contributed by atoms with Crippen molar-refractivity contribution >= 4 is 65.6 Å². The Bertz CT molecular complexity index is 3560. The summed E-state index contributed by atoms with van der Waals surface area (Å²) in [7, 11) is 0. The molecule has 0 amide bonds. The molecule has 12 rings (SSSR count). The van der Waals surface area contributed by atoms with Crippen LogP contribution in [-0.2, 0) is 0 Å². The average molecular weight is 743 g/mol. The van der Waals surface area contributed by atoms with Crippen LogP contribution in [-0.4, -0.2) is 19.9 Å². The van der Waals surface area contributed by atoms with Crippen LogP contribution in [0.4, 0.5) is 0 Å². The van der Waals surface area contributed by atoms with Gasteiger partial charge in [-0.2, -0.15) is 0 Å². The van der Waals surface area contributed by atoms with Gasteiger partial charge < -0.3 is 8.83 Å². The largest absolute Gasteiger partial charge is 0.456 e. The molecule has 0 saturated carbocycles. The fraction of sp³-hybridized carbons (Fsp3) is 0. The van der Waals surface area contributed by atoms with Crippen molar-refractivity contribution in [2.75, 3.05) is 0 Å². The van der Waals surface area contributed by atoms with Gasteiger partial charge in [0.05, 0.1) is 16.8 Å². The smallest absolute Gasteiger partial charge is 0.167 e. The number of nitrogens with zero attached hydrogens (tertiary/aromatic N) is 4. The van der Waals surface area contributed by atoms with Crippen molar-refractivity contribution in [3.8, 4) is 56.5 Å². The number of para-hydroxylation sites is 3. The van der Waals surface area contributed by atoms with Gasteiger partial charge in [-0.1, -0.05) is 152 Å². The molecule has 0 spiro atoms. The van der Waals surface area contributed by atoms with E-state index in [1.165, 1.54) is 0 Å². The summed E-state index contributed by atoms with van der Waals surface area (Å²) in [5.41, 5.74) is 10.8. The summed E-state index contributed by atoms with van der Waals surface area (Å²) in [4.78, 5) is 20.8. The van der Waals surface area contributed by atoms with Crippen LogP contribution in [0.3, 0.4) is 0 Å². The molecule has 6 nitrogen and oxygen atoms in total. The van der Waals surface area contributed by atoms with Crippen LogP contribution < -0.4 is 0 Å². The van der Waals surface area contributed by atoms with Crippen molar-refractivity contribution in [2.45, 2.75) is 0 Å². The monoisotopic (exact) mass is 742 g/mol. The predicted octanol–water partition coefficient (Wildman–Crippen LogP) is 13.7. The van der Waals surface area contributed by atoms with Crippen LogP contribution in [0.25, 0.3) is 122 Å². The van der Waals surface area contributed by atoms with Gasteiger partial charge in [0.2, 0.25) is 0 Å². The summed E-state index contributed by atoms with van der Waals surface area (Å²) in [5, 5.41) is 7.05.